The van der Waals surface area contributed by atoms with Crippen LogP contribution < -0.4 is 10.9 Å². The second kappa shape index (κ2) is 7.11. The van der Waals surface area contributed by atoms with Crippen molar-refractivity contribution in [3.05, 3.63) is 52.7 Å². The van der Waals surface area contributed by atoms with E-state index >= 15 is 0 Å². The van der Waals surface area contributed by atoms with Gasteiger partial charge in [-0.1, -0.05) is 25.0 Å². The number of aromatic amines is 1. The molecule has 2 aromatic heterocycles. The van der Waals surface area contributed by atoms with E-state index in [2.05, 4.69) is 20.4 Å². The minimum Gasteiger partial charge on any atom is -0.311 e. The molecule has 0 saturated heterocycles. The van der Waals surface area contributed by atoms with Gasteiger partial charge in [0.05, 0.1) is 23.1 Å². The Balaban J connectivity index is 1.42. The summed E-state index contributed by atoms with van der Waals surface area (Å²) >= 11 is 0. The Morgan fingerprint density at radius 3 is 2.88 bits per heavy atom. The number of nitrogens with zero attached hydrogens (tertiary/aromatic N) is 3. The SMILES string of the molecule is O=C(CCc1nc2ccccc2c(=O)[nH]1)Nc1ccnn1C1CCCC1. The van der Waals surface area contributed by atoms with E-state index < -0.39 is 0 Å². The number of para-hydroxylation sites is 1. The lowest BCUT2D eigenvalue weighted by atomic mass is 10.2. The van der Waals surface area contributed by atoms with Crippen molar-refractivity contribution in [2.24, 2.45) is 0 Å². The van der Waals surface area contributed by atoms with Crippen molar-refractivity contribution >= 4 is 22.6 Å². The van der Waals surface area contributed by atoms with Gasteiger partial charge in [-0.3, -0.25) is 9.59 Å². The molecular weight excluding hydrogens is 330 g/mol. The maximum absolute atomic E-state index is 12.3. The van der Waals surface area contributed by atoms with E-state index in [4.69, 9.17) is 0 Å². The standard InChI is InChI=1S/C19H21N5O2/c25-18(23-17-11-12-20-24(17)13-5-1-2-6-13)10-9-16-21-15-8-4-3-7-14(15)19(26)22-16/h3-4,7-8,11-13H,1-2,5-6,9-10H2,(H,23,25)(H,21,22,26). The van der Waals surface area contributed by atoms with Crippen molar-refractivity contribution in [1.82, 2.24) is 19.7 Å². The Bertz CT molecular complexity index is 985. The van der Waals surface area contributed by atoms with Crippen LogP contribution in [0.1, 0.15) is 44.0 Å². The van der Waals surface area contributed by atoms with Crippen molar-refractivity contribution in [1.29, 1.82) is 0 Å². The van der Waals surface area contributed by atoms with Gasteiger partial charge in [0.2, 0.25) is 5.91 Å². The third kappa shape index (κ3) is 3.37. The molecule has 2 N–H and O–H groups in total. The van der Waals surface area contributed by atoms with Gasteiger partial charge >= 0.3 is 0 Å². The largest absolute Gasteiger partial charge is 0.311 e. The second-order valence-corrected chi connectivity index (χ2v) is 6.68. The average molecular weight is 351 g/mol. The molecule has 26 heavy (non-hydrogen) atoms. The van der Waals surface area contributed by atoms with Gasteiger partial charge in [0.15, 0.2) is 0 Å². The van der Waals surface area contributed by atoms with Crippen molar-refractivity contribution in [2.75, 3.05) is 5.32 Å². The molecule has 0 atom stereocenters. The lowest BCUT2D eigenvalue weighted by Crippen LogP contribution is -2.19. The maximum atomic E-state index is 12.3. The molecule has 0 spiro atoms. The molecular formula is C19H21N5O2. The highest BCUT2D eigenvalue weighted by atomic mass is 16.1. The van der Waals surface area contributed by atoms with E-state index in [1.165, 1.54) is 12.8 Å². The normalized spacial score (nSPS) is 14.8. The highest BCUT2D eigenvalue weighted by molar-refractivity contribution is 5.90. The number of anilines is 1. The molecule has 1 aromatic carbocycles. The van der Waals surface area contributed by atoms with Crippen LogP contribution in [0.2, 0.25) is 0 Å². The number of benzene rings is 1. The zero-order valence-electron chi connectivity index (χ0n) is 14.4. The van der Waals surface area contributed by atoms with E-state index in [9.17, 15) is 9.59 Å². The third-order valence-electron chi connectivity index (χ3n) is 4.86. The van der Waals surface area contributed by atoms with Gasteiger partial charge in [0.25, 0.3) is 5.56 Å². The number of hydrogen-bond donors (Lipinski definition) is 2. The molecule has 0 radical (unpaired) electrons. The first-order valence-corrected chi connectivity index (χ1v) is 9.02. The van der Waals surface area contributed by atoms with E-state index in [1.54, 1.807) is 24.4 Å². The van der Waals surface area contributed by atoms with Crippen molar-refractivity contribution in [3.63, 3.8) is 0 Å². The van der Waals surface area contributed by atoms with Gasteiger partial charge in [-0.2, -0.15) is 5.10 Å². The van der Waals surface area contributed by atoms with Gasteiger partial charge in [0.1, 0.15) is 11.6 Å². The van der Waals surface area contributed by atoms with Crippen LogP contribution in [0.3, 0.4) is 0 Å². The van der Waals surface area contributed by atoms with Crippen molar-refractivity contribution in [2.45, 2.75) is 44.6 Å². The smallest absolute Gasteiger partial charge is 0.258 e. The minimum atomic E-state index is -0.176. The number of amides is 1. The van der Waals surface area contributed by atoms with Gasteiger partial charge < -0.3 is 10.3 Å². The maximum Gasteiger partial charge on any atom is 0.258 e. The quantitative estimate of drug-likeness (QED) is 0.739. The molecule has 7 nitrogen and oxygen atoms in total. The monoisotopic (exact) mass is 351 g/mol. The van der Waals surface area contributed by atoms with E-state index in [0.29, 0.717) is 29.2 Å². The number of aromatic nitrogens is 4. The van der Waals surface area contributed by atoms with E-state index in [0.717, 1.165) is 18.7 Å². The van der Waals surface area contributed by atoms with Crippen LogP contribution in [0.4, 0.5) is 5.82 Å². The first-order chi connectivity index (χ1) is 12.7. The number of carbonyl (C=O) groups excluding carboxylic acids is 1. The number of hydrogen-bond acceptors (Lipinski definition) is 4. The zero-order valence-corrected chi connectivity index (χ0v) is 14.4. The molecule has 4 rings (SSSR count). The fourth-order valence-corrected chi connectivity index (χ4v) is 3.54. The molecule has 0 unspecified atom stereocenters. The molecule has 1 fully saturated rings. The van der Waals surface area contributed by atoms with E-state index in [-0.39, 0.29) is 17.9 Å². The van der Waals surface area contributed by atoms with Crippen LogP contribution >= 0.6 is 0 Å². The number of H-pyrrole nitrogens is 1. The van der Waals surface area contributed by atoms with Crippen LogP contribution in [0.25, 0.3) is 10.9 Å². The fourth-order valence-electron chi connectivity index (χ4n) is 3.54. The summed E-state index contributed by atoms with van der Waals surface area (Å²) in [7, 11) is 0. The second-order valence-electron chi connectivity index (χ2n) is 6.68. The topological polar surface area (TPSA) is 92.7 Å². The van der Waals surface area contributed by atoms with Gasteiger partial charge in [0, 0.05) is 18.9 Å². The Hall–Kier alpha value is -2.96. The number of fused-ring (bicyclic) bond motifs is 1. The predicted molar refractivity (Wildman–Crippen MR) is 99.0 cm³/mol. The molecule has 3 aromatic rings. The number of aryl methyl sites for hydroxylation is 1. The Morgan fingerprint density at radius 1 is 1.23 bits per heavy atom. The van der Waals surface area contributed by atoms with Gasteiger partial charge in [-0.15, -0.1) is 0 Å². The first kappa shape index (κ1) is 16.5. The lowest BCUT2D eigenvalue weighted by molar-refractivity contribution is -0.116. The van der Waals surface area contributed by atoms with Crippen LogP contribution in [-0.4, -0.2) is 25.7 Å². The summed E-state index contributed by atoms with van der Waals surface area (Å²) in [5.41, 5.74) is 0.469. The fraction of sp³-hybridized carbons (Fsp3) is 0.368. The average Bonchev–Trinajstić information content (AvgIpc) is 3.31. The molecule has 1 aliphatic carbocycles. The Labute approximate surface area is 150 Å². The lowest BCUT2D eigenvalue weighted by Gasteiger charge is -2.14. The molecule has 1 aliphatic rings. The number of nitrogens with one attached hydrogen (secondary N) is 2. The molecule has 7 heteroatoms. The number of rotatable bonds is 5. The third-order valence-corrected chi connectivity index (χ3v) is 4.86. The van der Waals surface area contributed by atoms with Crippen molar-refractivity contribution < 1.29 is 4.79 Å². The van der Waals surface area contributed by atoms with Gasteiger partial charge in [-0.05, 0) is 25.0 Å². The van der Waals surface area contributed by atoms with Crippen LogP contribution in [0.15, 0.2) is 41.3 Å². The molecule has 134 valence electrons. The van der Waals surface area contributed by atoms with Crippen molar-refractivity contribution in [3.8, 4) is 0 Å². The van der Waals surface area contributed by atoms with Crippen LogP contribution in [-0.2, 0) is 11.2 Å². The molecule has 0 bridgehead atoms. The van der Waals surface area contributed by atoms with Crippen LogP contribution in [0.5, 0.6) is 0 Å². The highest BCUT2D eigenvalue weighted by Crippen LogP contribution is 2.31. The summed E-state index contributed by atoms with van der Waals surface area (Å²) < 4.78 is 1.92. The summed E-state index contributed by atoms with van der Waals surface area (Å²) in [6.45, 7) is 0. The summed E-state index contributed by atoms with van der Waals surface area (Å²) in [5.74, 6) is 1.15. The Kier molecular flexibility index (Phi) is 4.51. The summed E-state index contributed by atoms with van der Waals surface area (Å²) in [6.07, 6.45) is 6.97. The molecule has 1 saturated carbocycles. The molecule has 1 amide bonds. The highest BCUT2D eigenvalue weighted by Gasteiger charge is 2.20. The summed E-state index contributed by atoms with van der Waals surface area (Å²) in [6, 6.07) is 9.39. The predicted octanol–water partition coefficient (Wildman–Crippen LogP) is 2.81. The minimum absolute atomic E-state index is 0.111. The first-order valence-electron chi connectivity index (χ1n) is 9.02. The van der Waals surface area contributed by atoms with Crippen LogP contribution in [0, 0.1) is 0 Å². The molecule has 0 aliphatic heterocycles. The number of carbonyl (C=O) groups is 1. The summed E-state index contributed by atoms with van der Waals surface area (Å²) in [5, 5.41) is 7.85. The van der Waals surface area contributed by atoms with E-state index in [1.807, 2.05) is 16.8 Å². The molecule has 2 heterocycles. The Morgan fingerprint density at radius 2 is 2.04 bits per heavy atom. The zero-order chi connectivity index (χ0) is 17.9. The summed E-state index contributed by atoms with van der Waals surface area (Å²) in [4.78, 5) is 31.6. The van der Waals surface area contributed by atoms with Gasteiger partial charge in [-0.25, -0.2) is 9.67 Å².